The second kappa shape index (κ2) is 13.4. The van der Waals surface area contributed by atoms with E-state index in [1.165, 1.54) is 0 Å². The lowest BCUT2D eigenvalue weighted by Gasteiger charge is -2.25. The van der Waals surface area contributed by atoms with Crippen molar-refractivity contribution in [3.63, 3.8) is 0 Å². The molecule has 3 rings (SSSR count). The van der Waals surface area contributed by atoms with Crippen LogP contribution < -0.4 is 0 Å². The van der Waals surface area contributed by atoms with Gasteiger partial charge in [-0.25, -0.2) is 9.59 Å². The molecule has 2 N–H and O–H groups in total. The first kappa shape index (κ1) is 31.1. The van der Waals surface area contributed by atoms with E-state index in [0.717, 1.165) is 43.9 Å². The highest BCUT2D eigenvalue weighted by Gasteiger charge is 2.44. The zero-order valence-corrected chi connectivity index (χ0v) is 19.5. The number of carboxylic acid groups (broad SMARTS) is 2. The van der Waals surface area contributed by atoms with Crippen LogP contribution in [-0.4, -0.2) is 94.1 Å². The average Bonchev–Trinajstić information content (AvgIpc) is 3.34. The van der Waals surface area contributed by atoms with Crippen LogP contribution in [0.5, 0.6) is 0 Å². The summed E-state index contributed by atoms with van der Waals surface area (Å²) in [6, 6.07) is 7.07. The smallest absolute Gasteiger partial charge is 0.475 e. The number of rotatable bonds is 5. The molecule has 15 heteroatoms. The molecular formula is C21H27F6N3O6. The van der Waals surface area contributed by atoms with E-state index in [4.69, 9.17) is 24.5 Å². The number of nitrogens with zero attached hydrogens (tertiary/aromatic N) is 3. The maximum atomic E-state index is 12.3. The normalized spacial score (nSPS) is 19.5. The number of alkyl halides is 6. The number of aliphatic carboxylic acids is 2. The van der Waals surface area contributed by atoms with E-state index in [1.807, 2.05) is 13.0 Å². The van der Waals surface area contributed by atoms with E-state index >= 15 is 0 Å². The predicted molar refractivity (Wildman–Crippen MR) is 112 cm³/mol. The lowest BCUT2D eigenvalue weighted by atomic mass is 10.1. The number of aromatic nitrogens is 1. The Balaban J connectivity index is 0.000000383. The molecule has 0 aromatic carbocycles. The predicted octanol–water partition coefficient (Wildman–Crippen LogP) is 2.87. The van der Waals surface area contributed by atoms with Crippen molar-refractivity contribution in [2.75, 3.05) is 26.8 Å². The number of hydrogen-bond donors (Lipinski definition) is 2. The molecule has 2 atom stereocenters. The number of halogens is 6. The Labute approximate surface area is 202 Å². The third-order valence-electron chi connectivity index (χ3n) is 5.33. The van der Waals surface area contributed by atoms with Gasteiger partial charge in [0, 0.05) is 44.5 Å². The van der Waals surface area contributed by atoms with E-state index in [1.54, 1.807) is 7.11 Å². The lowest BCUT2D eigenvalue weighted by molar-refractivity contribution is -0.193. The fraction of sp³-hybridized carbons (Fsp3) is 0.619. The first-order valence-corrected chi connectivity index (χ1v) is 10.6. The van der Waals surface area contributed by atoms with E-state index in [2.05, 4.69) is 26.9 Å². The van der Waals surface area contributed by atoms with Crippen molar-refractivity contribution in [1.82, 2.24) is 14.8 Å². The van der Waals surface area contributed by atoms with Gasteiger partial charge in [-0.15, -0.1) is 0 Å². The first-order valence-electron chi connectivity index (χ1n) is 10.6. The minimum absolute atomic E-state index is 0.241. The van der Waals surface area contributed by atoms with Crippen LogP contribution in [-0.2, 0) is 25.7 Å². The topological polar surface area (TPSA) is 120 Å². The third-order valence-corrected chi connectivity index (χ3v) is 5.33. The minimum Gasteiger partial charge on any atom is -0.475 e. The molecule has 2 fully saturated rings. The average molecular weight is 531 g/mol. The van der Waals surface area contributed by atoms with Gasteiger partial charge in [0.05, 0.1) is 18.7 Å². The Bertz CT molecular complexity index is 872. The number of pyridine rings is 1. The van der Waals surface area contributed by atoms with Gasteiger partial charge in [-0.3, -0.25) is 14.7 Å². The van der Waals surface area contributed by atoms with E-state index in [0.29, 0.717) is 25.1 Å². The van der Waals surface area contributed by atoms with E-state index in [-0.39, 0.29) is 5.91 Å². The maximum absolute atomic E-state index is 12.3. The van der Waals surface area contributed by atoms with Gasteiger partial charge in [0.15, 0.2) is 0 Å². The molecule has 1 amide bonds. The standard InChI is InChI=1S/C17H25N3O2.2C2HF3O2/c1-13-4-3-5-14(18-13)12-19-9-6-16-15(19)7-10-20(16)17(21)8-11-22-2;2*3-2(4,5)1(6)7/h3-5,15-16H,6-12H2,1-2H3;2*(H,6,7)/t15-,16+;;/m0../s1. The summed E-state index contributed by atoms with van der Waals surface area (Å²) in [5, 5.41) is 14.2. The van der Waals surface area contributed by atoms with Crippen molar-refractivity contribution in [2.45, 2.75) is 57.2 Å². The summed E-state index contributed by atoms with van der Waals surface area (Å²) in [7, 11) is 1.65. The molecule has 2 saturated heterocycles. The Hall–Kier alpha value is -2.94. The summed E-state index contributed by atoms with van der Waals surface area (Å²) >= 11 is 0. The quantitative estimate of drug-likeness (QED) is 0.557. The van der Waals surface area contributed by atoms with Gasteiger partial charge in [-0.1, -0.05) is 6.07 Å². The second-order valence-corrected chi connectivity index (χ2v) is 7.89. The summed E-state index contributed by atoms with van der Waals surface area (Å²) in [6.07, 6.45) is -7.51. The van der Waals surface area contributed by atoms with Crippen molar-refractivity contribution in [3.05, 3.63) is 29.6 Å². The van der Waals surface area contributed by atoms with Crippen molar-refractivity contribution in [3.8, 4) is 0 Å². The molecule has 2 aliphatic heterocycles. The van der Waals surface area contributed by atoms with Crippen molar-refractivity contribution in [1.29, 1.82) is 0 Å². The summed E-state index contributed by atoms with van der Waals surface area (Å²) in [4.78, 5) is 39.2. The van der Waals surface area contributed by atoms with Crippen LogP contribution in [0.2, 0.25) is 0 Å². The Morgan fingerprint density at radius 2 is 1.53 bits per heavy atom. The second-order valence-electron chi connectivity index (χ2n) is 7.89. The van der Waals surface area contributed by atoms with Crippen LogP contribution in [0, 0.1) is 6.92 Å². The molecule has 9 nitrogen and oxygen atoms in total. The molecule has 0 unspecified atom stereocenters. The van der Waals surface area contributed by atoms with Crippen molar-refractivity contribution >= 4 is 17.8 Å². The number of carbonyl (C=O) groups excluding carboxylic acids is 1. The number of aryl methyl sites for hydroxylation is 1. The number of carbonyl (C=O) groups is 3. The highest BCUT2D eigenvalue weighted by atomic mass is 19.4. The van der Waals surface area contributed by atoms with Gasteiger partial charge in [0.2, 0.25) is 5.91 Å². The minimum atomic E-state index is -5.08. The molecule has 36 heavy (non-hydrogen) atoms. The van der Waals surface area contributed by atoms with E-state index < -0.39 is 24.3 Å². The third kappa shape index (κ3) is 9.97. The molecule has 204 valence electrons. The Kier molecular flexibility index (Phi) is 11.6. The maximum Gasteiger partial charge on any atom is 0.490 e. The number of carboxylic acids is 2. The van der Waals surface area contributed by atoms with Crippen LogP contribution in [0.1, 0.15) is 30.7 Å². The number of methoxy groups -OCH3 is 1. The van der Waals surface area contributed by atoms with E-state index in [9.17, 15) is 31.1 Å². The molecule has 0 saturated carbocycles. The summed E-state index contributed by atoms with van der Waals surface area (Å²) in [6.45, 7) is 5.38. The number of ether oxygens (including phenoxy) is 1. The Morgan fingerprint density at radius 3 is 2.00 bits per heavy atom. The molecule has 2 aliphatic rings. The lowest BCUT2D eigenvalue weighted by Crippen LogP contribution is -2.39. The summed E-state index contributed by atoms with van der Waals surface area (Å²) in [5.41, 5.74) is 2.20. The number of likely N-dealkylation sites (tertiary alicyclic amines) is 2. The number of hydrogen-bond acceptors (Lipinski definition) is 6. The van der Waals surface area contributed by atoms with Crippen molar-refractivity contribution < 1.29 is 55.7 Å². The Morgan fingerprint density at radius 1 is 1.00 bits per heavy atom. The SMILES string of the molecule is COCCC(=O)N1CC[C@H]2[C@H]1CCN2Cc1cccc(C)n1.O=C(O)C(F)(F)F.O=C(O)C(F)(F)F. The zero-order chi connectivity index (χ0) is 27.7. The number of amides is 1. The molecule has 0 radical (unpaired) electrons. The molecule has 0 spiro atoms. The fourth-order valence-corrected chi connectivity index (χ4v) is 3.81. The van der Waals surface area contributed by atoms with Gasteiger partial charge in [0.1, 0.15) is 0 Å². The van der Waals surface area contributed by atoms with Crippen LogP contribution >= 0.6 is 0 Å². The summed E-state index contributed by atoms with van der Waals surface area (Å²) < 4.78 is 68.5. The van der Waals surface area contributed by atoms with Crippen LogP contribution in [0.4, 0.5) is 26.3 Å². The van der Waals surface area contributed by atoms with Gasteiger partial charge in [-0.2, -0.15) is 26.3 Å². The van der Waals surface area contributed by atoms with Crippen LogP contribution in [0.3, 0.4) is 0 Å². The first-order chi connectivity index (χ1) is 16.6. The molecule has 1 aromatic rings. The largest absolute Gasteiger partial charge is 0.490 e. The molecule has 1 aromatic heterocycles. The highest BCUT2D eigenvalue weighted by Crippen LogP contribution is 2.32. The molecular weight excluding hydrogens is 504 g/mol. The van der Waals surface area contributed by atoms with Crippen LogP contribution in [0.25, 0.3) is 0 Å². The molecule has 0 aliphatic carbocycles. The monoisotopic (exact) mass is 531 g/mol. The summed E-state index contributed by atoms with van der Waals surface area (Å²) in [5.74, 6) is -5.27. The fourth-order valence-electron chi connectivity index (χ4n) is 3.81. The number of fused-ring (bicyclic) bond motifs is 1. The van der Waals surface area contributed by atoms with Gasteiger partial charge in [-0.05, 0) is 31.9 Å². The zero-order valence-electron chi connectivity index (χ0n) is 19.5. The van der Waals surface area contributed by atoms with Gasteiger partial charge < -0.3 is 19.8 Å². The van der Waals surface area contributed by atoms with Crippen LogP contribution in [0.15, 0.2) is 18.2 Å². The highest BCUT2D eigenvalue weighted by molar-refractivity contribution is 5.77. The van der Waals surface area contributed by atoms with Crippen molar-refractivity contribution in [2.24, 2.45) is 0 Å². The molecule has 3 heterocycles. The molecule has 0 bridgehead atoms. The van der Waals surface area contributed by atoms with Gasteiger partial charge in [0.25, 0.3) is 0 Å². The van der Waals surface area contributed by atoms with Gasteiger partial charge >= 0.3 is 24.3 Å².